The van der Waals surface area contributed by atoms with E-state index in [2.05, 4.69) is 18.3 Å². The Morgan fingerprint density at radius 2 is 2.07 bits per heavy atom. The fraction of sp³-hybridized carbons (Fsp3) is 0.182. The van der Waals surface area contributed by atoms with Crippen LogP contribution in [0.2, 0.25) is 0 Å². The summed E-state index contributed by atoms with van der Waals surface area (Å²) in [5, 5.41) is 0.484. The average molecular weight is 209 g/mol. The van der Waals surface area contributed by atoms with Crippen molar-refractivity contribution in [1.82, 2.24) is 0 Å². The minimum atomic E-state index is 0.484. The highest BCUT2D eigenvalue weighted by Gasteiger charge is 2.05. The fourth-order valence-electron chi connectivity index (χ4n) is 1.16. The number of aliphatic imine (C=N–C) groups is 1. The number of hydrogen-bond donors (Lipinski definition) is 0. The van der Waals surface area contributed by atoms with Gasteiger partial charge in [0.25, 0.3) is 0 Å². The highest BCUT2D eigenvalue weighted by atomic mass is 35.5. The predicted molar refractivity (Wildman–Crippen MR) is 64.9 cm³/mol. The van der Waals surface area contributed by atoms with Crippen LogP contribution in [0.25, 0.3) is 5.03 Å². The number of anilines is 1. The maximum Gasteiger partial charge on any atom is 0.0730 e. The van der Waals surface area contributed by atoms with Gasteiger partial charge in [0.1, 0.15) is 0 Å². The summed E-state index contributed by atoms with van der Waals surface area (Å²) in [5.41, 5.74) is 2.65. The van der Waals surface area contributed by atoms with Gasteiger partial charge < -0.3 is 4.90 Å². The SMILES string of the molecule is C=Nc1cc(N(C)C)ccc1C(=C)Cl. The van der Waals surface area contributed by atoms with Gasteiger partial charge in [0.2, 0.25) is 0 Å². The lowest BCUT2D eigenvalue weighted by atomic mass is 10.1. The van der Waals surface area contributed by atoms with Gasteiger partial charge in [-0.1, -0.05) is 18.2 Å². The zero-order chi connectivity index (χ0) is 10.7. The molecule has 0 fully saturated rings. The summed E-state index contributed by atoms with van der Waals surface area (Å²) >= 11 is 5.82. The second-order valence-corrected chi connectivity index (χ2v) is 3.62. The van der Waals surface area contributed by atoms with E-state index >= 15 is 0 Å². The van der Waals surface area contributed by atoms with E-state index in [1.54, 1.807) is 0 Å². The van der Waals surface area contributed by atoms with Crippen molar-refractivity contribution in [2.24, 2.45) is 4.99 Å². The molecule has 0 aromatic heterocycles. The molecule has 0 spiro atoms. The quantitative estimate of drug-likeness (QED) is 0.696. The van der Waals surface area contributed by atoms with Crippen molar-refractivity contribution in [2.75, 3.05) is 19.0 Å². The normalized spacial score (nSPS) is 9.64. The molecule has 0 radical (unpaired) electrons. The van der Waals surface area contributed by atoms with Crippen molar-refractivity contribution < 1.29 is 0 Å². The largest absolute Gasteiger partial charge is 0.378 e. The first-order chi connectivity index (χ1) is 6.56. The molecule has 1 rings (SSSR count). The van der Waals surface area contributed by atoms with E-state index in [0.29, 0.717) is 5.03 Å². The fourth-order valence-corrected chi connectivity index (χ4v) is 1.32. The zero-order valence-electron chi connectivity index (χ0n) is 8.42. The molecule has 0 aliphatic heterocycles. The Morgan fingerprint density at radius 3 is 2.50 bits per heavy atom. The molecule has 14 heavy (non-hydrogen) atoms. The van der Waals surface area contributed by atoms with Gasteiger partial charge in [-0.25, -0.2) is 0 Å². The van der Waals surface area contributed by atoms with Crippen LogP contribution in [0.4, 0.5) is 11.4 Å². The van der Waals surface area contributed by atoms with E-state index in [-0.39, 0.29) is 0 Å². The monoisotopic (exact) mass is 208 g/mol. The molecular formula is C11H13ClN2. The highest BCUT2D eigenvalue weighted by Crippen LogP contribution is 2.30. The van der Waals surface area contributed by atoms with Gasteiger partial charge in [0.15, 0.2) is 0 Å². The van der Waals surface area contributed by atoms with E-state index < -0.39 is 0 Å². The molecule has 0 saturated carbocycles. The molecule has 0 amide bonds. The first-order valence-electron chi connectivity index (χ1n) is 4.19. The van der Waals surface area contributed by atoms with Gasteiger partial charge in [-0.2, -0.15) is 0 Å². The van der Waals surface area contributed by atoms with E-state index in [1.165, 1.54) is 0 Å². The lowest BCUT2D eigenvalue weighted by Crippen LogP contribution is -2.08. The Bertz CT molecular complexity index is 370. The van der Waals surface area contributed by atoms with Crippen LogP contribution in [0.3, 0.4) is 0 Å². The van der Waals surface area contributed by atoms with Crippen molar-refractivity contribution >= 4 is 34.7 Å². The third-order valence-corrected chi connectivity index (χ3v) is 2.16. The minimum Gasteiger partial charge on any atom is -0.378 e. The minimum absolute atomic E-state index is 0.484. The van der Waals surface area contributed by atoms with Crippen molar-refractivity contribution in [3.63, 3.8) is 0 Å². The molecule has 74 valence electrons. The first kappa shape index (κ1) is 10.8. The summed E-state index contributed by atoms with van der Waals surface area (Å²) in [6, 6.07) is 5.79. The second kappa shape index (κ2) is 4.29. The molecule has 0 bridgehead atoms. The molecule has 0 saturated heterocycles. The molecule has 0 N–H and O–H groups in total. The first-order valence-corrected chi connectivity index (χ1v) is 4.57. The molecular weight excluding hydrogens is 196 g/mol. The van der Waals surface area contributed by atoms with Gasteiger partial charge in [-0.15, -0.1) is 0 Å². The van der Waals surface area contributed by atoms with Crippen LogP contribution < -0.4 is 4.90 Å². The Kier molecular flexibility index (Phi) is 3.31. The van der Waals surface area contributed by atoms with Gasteiger partial charge in [-0.3, -0.25) is 4.99 Å². The molecule has 1 aromatic carbocycles. The Hall–Kier alpha value is -1.28. The maximum atomic E-state index is 5.82. The van der Waals surface area contributed by atoms with Crippen molar-refractivity contribution in [1.29, 1.82) is 0 Å². The second-order valence-electron chi connectivity index (χ2n) is 3.16. The smallest absolute Gasteiger partial charge is 0.0730 e. The lowest BCUT2D eigenvalue weighted by molar-refractivity contribution is 1.13. The van der Waals surface area contributed by atoms with Crippen LogP contribution in [-0.4, -0.2) is 20.8 Å². The van der Waals surface area contributed by atoms with Gasteiger partial charge in [0, 0.05) is 30.4 Å². The van der Waals surface area contributed by atoms with Gasteiger partial charge in [0.05, 0.1) is 5.69 Å². The topological polar surface area (TPSA) is 15.6 Å². The molecule has 0 aliphatic carbocycles. The van der Waals surface area contributed by atoms with Crippen LogP contribution >= 0.6 is 11.6 Å². The molecule has 3 heteroatoms. The summed E-state index contributed by atoms with van der Waals surface area (Å²) < 4.78 is 0. The third-order valence-electron chi connectivity index (χ3n) is 1.96. The number of rotatable bonds is 3. The average Bonchev–Trinajstić information content (AvgIpc) is 2.16. The summed E-state index contributed by atoms with van der Waals surface area (Å²) in [6.45, 7) is 7.18. The zero-order valence-corrected chi connectivity index (χ0v) is 9.17. The summed E-state index contributed by atoms with van der Waals surface area (Å²) in [4.78, 5) is 5.91. The molecule has 0 aliphatic rings. The molecule has 0 unspecified atom stereocenters. The van der Waals surface area contributed by atoms with Crippen LogP contribution in [0.1, 0.15) is 5.56 Å². The van der Waals surface area contributed by atoms with E-state index in [9.17, 15) is 0 Å². The number of hydrogen-bond acceptors (Lipinski definition) is 2. The van der Waals surface area contributed by atoms with Crippen LogP contribution in [-0.2, 0) is 0 Å². The van der Waals surface area contributed by atoms with Crippen molar-refractivity contribution in [2.45, 2.75) is 0 Å². The third kappa shape index (κ3) is 2.15. The van der Waals surface area contributed by atoms with Crippen molar-refractivity contribution in [3.8, 4) is 0 Å². The molecule has 2 nitrogen and oxygen atoms in total. The van der Waals surface area contributed by atoms with Crippen LogP contribution in [0, 0.1) is 0 Å². The number of nitrogens with zero attached hydrogens (tertiary/aromatic N) is 2. The highest BCUT2D eigenvalue weighted by molar-refractivity contribution is 6.48. The molecule has 1 aromatic rings. The van der Waals surface area contributed by atoms with E-state index in [0.717, 1.165) is 16.9 Å². The van der Waals surface area contributed by atoms with Crippen molar-refractivity contribution in [3.05, 3.63) is 30.3 Å². The number of halogens is 1. The lowest BCUT2D eigenvalue weighted by Gasteiger charge is -2.14. The Balaban J connectivity index is 3.25. The Labute approximate surface area is 89.5 Å². The molecule has 0 atom stereocenters. The summed E-state index contributed by atoms with van der Waals surface area (Å²) in [7, 11) is 3.94. The van der Waals surface area contributed by atoms with Gasteiger partial charge in [-0.05, 0) is 24.9 Å². The van der Waals surface area contributed by atoms with Gasteiger partial charge >= 0.3 is 0 Å². The maximum absolute atomic E-state index is 5.82. The summed E-state index contributed by atoms with van der Waals surface area (Å²) in [5.74, 6) is 0. The molecule has 0 heterocycles. The standard InChI is InChI=1S/C11H13ClN2/c1-8(12)10-6-5-9(14(3)4)7-11(10)13-2/h5-7H,1-2H2,3-4H3. The Morgan fingerprint density at radius 1 is 1.43 bits per heavy atom. The van der Waals surface area contributed by atoms with E-state index in [1.807, 2.05) is 37.2 Å². The summed E-state index contributed by atoms with van der Waals surface area (Å²) in [6.07, 6.45) is 0. The van der Waals surface area contributed by atoms with Crippen LogP contribution in [0.5, 0.6) is 0 Å². The van der Waals surface area contributed by atoms with E-state index in [4.69, 9.17) is 11.6 Å². The van der Waals surface area contributed by atoms with Crippen LogP contribution in [0.15, 0.2) is 29.8 Å². The number of benzene rings is 1. The predicted octanol–water partition coefficient (Wildman–Crippen LogP) is 3.29.